The van der Waals surface area contributed by atoms with Gasteiger partial charge in [0.25, 0.3) is 5.91 Å². The third-order valence-electron chi connectivity index (χ3n) is 7.41. The fraction of sp³-hybridized carbons (Fsp3) is 0.242. The second-order valence-electron chi connectivity index (χ2n) is 10.4. The van der Waals surface area contributed by atoms with Crippen LogP contribution in [0.25, 0.3) is 22.3 Å². The van der Waals surface area contributed by atoms with Crippen LogP contribution < -0.4 is 25.4 Å². The van der Waals surface area contributed by atoms with Crippen molar-refractivity contribution in [1.29, 1.82) is 0 Å². The maximum absolute atomic E-state index is 13.7. The second kappa shape index (κ2) is 12.1. The molecule has 6 rings (SSSR count). The number of carbonyl (C=O) groups is 1. The highest BCUT2D eigenvalue weighted by atomic mass is 19.1. The Balaban J connectivity index is 1.29. The summed E-state index contributed by atoms with van der Waals surface area (Å²) < 4.78 is 39.8. The van der Waals surface area contributed by atoms with E-state index in [9.17, 15) is 13.6 Å². The number of hydrogen-bond donors (Lipinski definition) is 3. The molecule has 4 aromatic rings. The molecule has 2 aliphatic heterocycles. The average Bonchev–Trinajstić information content (AvgIpc) is 3.70. The Morgan fingerprint density at radius 1 is 0.683 bits per heavy atom. The molecule has 0 unspecified atom stereocenters. The number of halogens is 2. The molecule has 0 spiro atoms. The summed E-state index contributed by atoms with van der Waals surface area (Å²) in [6.07, 6.45) is 1.85. The van der Waals surface area contributed by atoms with Gasteiger partial charge < -0.3 is 25.4 Å². The van der Waals surface area contributed by atoms with Crippen LogP contribution in [-0.2, 0) is 0 Å². The number of anilines is 1. The SMILES string of the molecule is O=C(Nc1ccc(O[C@H]2CCNC2)c(-c2ccc(F)cc2)c1)c1ccc(O[C@H]2CCNC2)c(-c2ccc(F)cc2)c1. The molecule has 0 saturated carbocycles. The zero-order chi connectivity index (χ0) is 28.2. The molecule has 2 atom stereocenters. The largest absolute Gasteiger partial charge is 0.488 e. The molecule has 0 radical (unpaired) electrons. The summed E-state index contributed by atoms with van der Waals surface area (Å²) in [4.78, 5) is 13.5. The molecule has 3 N–H and O–H groups in total. The van der Waals surface area contributed by atoms with Gasteiger partial charge in [-0.1, -0.05) is 24.3 Å². The summed E-state index contributed by atoms with van der Waals surface area (Å²) >= 11 is 0. The Bertz CT molecular complexity index is 1510. The number of rotatable bonds is 8. The van der Waals surface area contributed by atoms with Crippen molar-refractivity contribution in [3.63, 3.8) is 0 Å². The summed E-state index contributed by atoms with van der Waals surface area (Å²) in [6.45, 7) is 3.29. The Morgan fingerprint density at radius 2 is 1.20 bits per heavy atom. The number of nitrogens with one attached hydrogen (secondary N) is 3. The predicted octanol–water partition coefficient (Wildman–Crippen LogP) is 6.03. The number of carbonyl (C=O) groups excluding carboxylic acids is 1. The summed E-state index contributed by atoms with van der Waals surface area (Å²) in [7, 11) is 0. The second-order valence-corrected chi connectivity index (χ2v) is 10.4. The van der Waals surface area contributed by atoms with Crippen LogP contribution in [0.5, 0.6) is 11.5 Å². The minimum atomic E-state index is -0.335. The Kier molecular flexibility index (Phi) is 7.93. The summed E-state index contributed by atoms with van der Waals surface area (Å²) in [6, 6.07) is 23.1. The van der Waals surface area contributed by atoms with Gasteiger partial charge in [0.15, 0.2) is 0 Å². The lowest BCUT2D eigenvalue weighted by molar-refractivity contribution is 0.102. The zero-order valence-corrected chi connectivity index (χ0v) is 22.5. The molecule has 0 aromatic heterocycles. The summed E-state index contributed by atoms with van der Waals surface area (Å²) in [5.41, 5.74) is 4.02. The minimum Gasteiger partial charge on any atom is -0.488 e. The van der Waals surface area contributed by atoms with E-state index < -0.39 is 0 Å². The quantitative estimate of drug-likeness (QED) is 0.248. The fourth-order valence-electron chi connectivity index (χ4n) is 5.21. The minimum absolute atomic E-state index is 0.0273. The molecule has 41 heavy (non-hydrogen) atoms. The smallest absolute Gasteiger partial charge is 0.255 e. The van der Waals surface area contributed by atoms with Gasteiger partial charge in [-0.25, -0.2) is 8.78 Å². The highest BCUT2D eigenvalue weighted by molar-refractivity contribution is 6.05. The lowest BCUT2D eigenvalue weighted by atomic mass is 10.0. The number of hydrogen-bond acceptors (Lipinski definition) is 5. The lowest BCUT2D eigenvalue weighted by Crippen LogP contribution is -2.20. The van der Waals surface area contributed by atoms with Crippen LogP contribution in [-0.4, -0.2) is 44.3 Å². The van der Waals surface area contributed by atoms with Crippen molar-refractivity contribution in [3.05, 3.63) is 102 Å². The number of benzene rings is 4. The number of ether oxygens (including phenoxy) is 2. The molecule has 4 aromatic carbocycles. The molecule has 2 heterocycles. The van der Waals surface area contributed by atoms with Crippen LogP contribution in [0.3, 0.4) is 0 Å². The highest BCUT2D eigenvalue weighted by Gasteiger charge is 2.21. The monoisotopic (exact) mass is 555 g/mol. The van der Waals surface area contributed by atoms with E-state index in [2.05, 4.69) is 16.0 Å². The van der Waals surface area contributed by atoms with Gasteiger partial charge in [-0.3, -0.25) is 4.79 Å². The molecular formula is C33H31F2N3O3. The normalized spacial score (nSPS) is 18.3. The Morgan fingerprint density at radius 3 is 1.71 bits per heavy atom. The molecule has 1 amide bonds. The molecule has 0 bridgehead atoms. The van der Waals surface area contributed by atoms with Crippen molar-refractivity contribution in [2.45, 2.75) is 25.0 Å². The molecule has 2 aliphatic rings. The topological polar surface area (TPSA) is 71.6 Å². The average molecular weight is 556 g/mol. The van der Waals surface area contributed by atoms with Gasteiger partial charge in [0.1, 0.15) is 35.3 Å². The van der Waals surface area contributed by atoms with E-state index in [0.717, 1.165) is 55.7 Å². The molecule has 0 aliphatic carbocycles. The van der Waals surface area contributed by atoms with Crippen molar-refractivity contribution in [1.82, 2.24) is 10.6 Å². The molecular weight excluding hydrogens is 524 g/mol. The van der Waals surface area contributed by atoms with E-state index in [1.165, 1.54) is 24.3 Å². The standard InChI is InChI=1S/C33H31F2N3O3/c34-24-6-1-21(2-7-24)29-17-23(5-11-31(29)40-27-13-15-36-19-27)33(39)38-26-10-12-32(41-28-14-16-37-20-28)30(18-26)22-3-8-25(35)9-4-22/h1-12,17-18,27-28,36-37H,13-16,19-20H2,(H,38,39)/t27-,28-/m0/s1. The van der Waals surface area contributed by atoms with E-state index in [-0.39, 0.29) is 29.7 Å². The summed E-state index contributed by atoms with van der Waals surface area (Å²) in [5, 5.41) is 9.57. The van der Waals surface area contributed by atoms with Gasteiger partial charge in [-0.05, 0) is 97.7 Å². The van der Waals surface area contributed by atoms with E-state index in [4.69, 9.17) is 9.47 Å². The van der Waals surface area contributed by atoms with Gasteiger partial charge in [-0.2, -0.15) is 0 Å². The van der Waals surface area contributed by atoms with Gasteiger partial charge in [0.05, 0.1) is 0 Å². The van der Waals surface area contributed by atoms with Gasteiger partial charge >= 0.3 is 0 Å². The highest BCUT2D eigenvalue weighted by Crippen LogP contribution is 2.36. The Labute approximate surface area is 237 Å². The van der Waals surface area contributed by atoms with Crippen molar-refractivity contribution in [2.75, 3.05) is 31.5 Å². The van der Waals surface area contributed by atoms with Crippen LogP contribution in [0.15, 0.2) is 84.9 Å². The van der Waals surface area contributed by atoms with Gasteiger partial charge in [0.2, 0.25) is 0 Å². The first-order chi connectivity index (χ1) is 20.0. The molecule has 6 nitrogen and oxygen atoms in total. The van der Waals surface area contributed by atoms with E-state index in [1.54, 1.807) is 48.5 Å². The van der Waals surface area contributed by atoms with E-state index in [0.29, 0.717) is 28.3 Å². The van der Waals surface area contributed by atoms with Gasteiger partial charge in [0, 0.05) is 35.5 Å². The maximum Gasteiger partial charge on any atom is 0.255 e. The maximum atomic E-state index is 13.7. The lowest BCUT2D eigenvalue weighted by Gasteiger charge is -2.19. The first-order valence-corrected chi connectivity index (χ1v) is 13.9. The molecule has 8 heteroatoms. The molecule has 2 fully saturated rings. The van der Waals surface area contributed by atoms with Crippen molar-refractivity contribution in [2.24, 2.45) is 0 Å². The molecule has 210 valence electrons. The van der Waals surface area contributed by atoms with Crippen molar-refractivity contribution >= 4 is 11.6 Å². The first-order valence-electron chi connectivity index (χ1n) is 13.9. The molecule has 2 saturated heterocycles. The zero-order valence-electron chi connectivity index (χ0n) is 22.5. The Hall–Kier alpha value is -4.27. The fourth-order valence-corrected chi connectivity index (χ4v) is 5.21. The van der Waals surface area contributed by atoms with Gasteiger partial charge in [-0.15, -0.1) is 0 Å². The third-order valence-corrected chi connectivity index (χ3v) is 7.41. The predicted molar refractivity (Wildman–Crippen MR) is 155 cm³/mol. The van der Waals surface area contributed by atoms with Crippen LogP contribution in [0, 0.1) is 11.6 Å². The van der Waals surface area contributed by atoms with Crippen LogP contribution in [0.2, 0.25) is 0 Å². The van der Waals surface area contributed by atoms with E-state index >= 15 is 0 Å². The third kappa shape index (κ3) is 6.39. The van der Waals surface area contributed by atoms with Crippen LogP contribution in [0.4, 0.5) is 14.5 Å². The van der Waals surface area contributed by atoms with Crippen molar-refractivity contribution < 1.29 is 23.0 Å². The van der Waals surface area contributed by atoms with E-state index in [1.807, 2.05) is 12.1 Å². The number of amides is 1. The first kappa shape index (κ1) is 26.9. The van der Waals surface area contributed by atoms with Crippen LogP contribution in [0.1, 0.15) is 23.2 Å². The summed E-state index contributed by atoms with van der Waals surface area (Å²) in [5.74, 6) is 0.349. The van der Waals surface area contributed by atoms with Crippen molar-refractivity contribution in [3.8, 4) is 33.8 Å². The van der Waals surface area contributed by atoms with Crippen LogP contribution >= 0.6 is 0 Å².